The van der Waals surface area contributed by atoms with Crippen LogP contribution in [0.4, 0.5) is 5.82 Å². The van der Waals surface area contributed by atoms with Crippen LogP contribution >= 0.6 is 8.53 Å². The lowest BCUT2D eigenvalue weighted by Gasteiger charge is -2.44. The number of fused-ring (bicyclic) bond motifs is 2. The summed E-state index contributed by atoms with van der Waals surface area (Å²) in [6.07, 6.45) is -1.82. The molecular weight excluding hydrogens is 822 g/mol. The van der Waals surface area contributed by atoms with Gasteiger partial charge in [-0.1, -0.05) is 72.8 Å². The summed E-state index contributed by atoms with van der Waals surface area (Å²) < 4.78 is 49.7. The number of hydrogen-bond donors (Lipinski definition) is 1. The summed E-state index contributed by atoms with van der Waals surface area (Å²) >= 11 is 0. The molecular formula is C48H54N5O9P. The van der Waals surface area contributed by atoms with Gasteiger partial charge in [0.15, 0.2) is 6.23 Å². The quantitative estimate of drug-likeness (QED) is 0.0483. The van der Waals surface area contributed by atoms with Gasteiger partial charge in [-0.2, -0.15) is 10.2 Å². The van der Waals surface area contributed by atoms with Crippen molar-refractivity contribution in [2.75, 3.05) is 32.8 Å². The zero-order valence-corrected chi connectivity index (χ0v) is 37.4. The van der Waals surface area contributed by atoms with E-state index in [1.165, 1.54) is 10.8 Å². The third-order valence-electron chi connectivity index (χ3n) is 11.4. The SMILES string of the molecule is COc1ccc(C(OC(C)[C@]23CO[C@H]([C@H](n4ccc(NC(=O)c5ccccc5)nc4=O)O2)[C@H]3OP(OCCC#N)N(C(C)C)C(C)C)(c2ccccc2)c2ccc(OC)cc2)cc1. The molecule has 0 aliphatic carbocycles. The van der Waals surface area contributed by atoms with Gasteiger partial charge in [0.25, 0.3) is 14.4 Å². The molecule has 15 heteroatoms. The molecule has 14 nitrogen and oxygen atoms in total. The van der Waals surface area contributed by atoms with Crippen LogP contribution in [-0.4, -0.2) is 83.6 Å². The normalized spacial score (nSPS) is 20.4. The van der Waals surface area contributed by atoms with Crippen molar-refractivity contribution in [3.05, 3.63) is 154 Å². The zero-order chi connectivity index (χ0) is 44.7. The minimum absolute atomic E-state index is 0.000782. The summed E-state index contributed by atoms with van der Waals surface area (Å²) in [5.74, 6) is 1.04. The number of ether oxygens (including phenoxy) is 5. The maximum absolute atomic E-state index is 14.0. The van der Waals surface area contributed by atoms with Crippen LogP contribution in [0.5, 0.6) is 11.5 Å². The second-order valence-electron chi connectivity index (χ2n) is 15.9. The van der Waals surface area contributed by atoms with Crippen LogP contribution < -0.4 is 20.5 Å². The van der Waals surface area contributed by atoms with Crippen molar-refractivity contribution >= 4 is 20.3 Å². The largest absolute Gasteiger partial charge is 0.497 e. The number of nitrogens with one attached hydrogen (secondary N) is 1. The number of hydrogen-bond acceptors (Lipinski definition) is 12. The molecule has 7 rings (SSSR count). The van der Waals surface area contributed by atoms with Gasteiger partial charge in [0.05, 0.1) is 46.0 Å². The highest BCUT2D eigenvalue weighted by molar-refractivity contribution is 7.44. The fourth-order valence-corrected chi connectivity index (χ4v) is 10.1. The molecule has 1 amide bonds. The molecule has 3 heterocycles. The second-order valence-corrected chi connectivity index (χ2v) is 17.3. The predicted molar refractivity (Wildman–Crippen MR) is 238 cm³/mol. The molecule has 2 fully saturated rings. The highest BCUT2D eigenvalue weighted by Gasteiger charge is 2.68. The molecule has 1 N–H and O–H groups in total. The molecule has 2 bridgehead atoms. The maximum atomic E-state index is 14.0. The van der Waals surface area contributed by atoms with E-state index in [0.29, 0.717) is 17.1 Å². The van der Waals surface area contributed by atoms with Crippen molar-refractivity contribution in [2.45, 2.75) is 88.9 Å². The smallest absolute Gasteiger partial charge is 0.351 e. The van der Waals surface area contributed by atoms with Crippen LogP contribution in [0.3, 0.4) is 0 Å². The lowest BCUT2D eigenvalue weighted by molar-refractivity contribution is -0.230. The molecule has 2 aliphatic heterocycles. The van der Waals surface area contributed by atoms with E-state index in [4.69, 9.17) is 32.7 Å². The summed E-state index contributed by atoms with van der Waals surface area (Å²) in [5.41, 5.74) is -0.368. The number of carbonyl (C=O) groups is 1. The average molecular weight is 876 g/mol. The van der Waals surface area contributed by atoms with Gasteiger partial charge in [0, 0.05) is 23.8 Å². The molecule has 5 aromatic rings. The Labute approximate surface area is 369 Å². The van der Waals surface area contributed by atoms with Crippen molar-refractivity contribution in [3.63, 3.8) is 0 Å². The predicted octanol–water partition coefficient (Wildman–Crippen LogP) is 8.24. The third-order valence-corrected chi connectivity index (χ3v) is 13.5. The van der Waals surface area contributed by atoms with Crippen molar-refractivity contribution < 1.29 is 37.5 Å². The molecule has 4 aromatic carbocycles. The highest BCUT2D eigenvalue weighted by atomic mass is 31.2. The van der Waals surface area contributed by atoms with Gasteiger partial charge < -0.3 is 38.0 Å². The molecule has 2 aliphatic rings. The Kier molecular flexibility index (Phi) is 14.4. The van der Waals surface area contributed by atoms with Crippen molar-refractivity contribution in [2.24, 2.45) is 0 Å². The summed E-state index contributed by atoms with van der Waals surface area (Å²) in [5, 5.41) is 12.2. The number of benzene rings is 4. The summed E-state index contributed by atoms with van der Waals surface area (Å²) in [7, 11) is 1.43. The van der Waals surface area contributed by atoms with E-state index in [2.05, 4.69) is 48.7 Å². The first-order chi connectivity index (χ1) is 30.4. The number of anilines is 1. The molecule has 330 valence electrons. The molecule has 0 radical (unpaired) electrons. The van der Waals surface area contributed by atoms with Gasteiger partial charge in [-0.3, -0.25) is 9.36 Å². The van der Waals surface area contributed by atoms with Crippen molar-refractivity contribution in [3.8, 4) is 17.6 Å². The first kappa shape index (κ1) is 45.5. The van der Waals surface area contributed by atoms with E-state index in [0.717, 1.165) is 16.7 Å². The van der Waals surface area contributed by atoms with E-state index in [1.54, 1.807) is 44.6 Å². The van der Waals surface area contributed by atoms with Gasteiger partial charge in [-0.25, -0.2) is 9.46 Å². The number of methoxy groups -OCH3 is 2. The summed E-state index contributed by atoms with van der Waals surface area (Å²) in [6, 6.07) is 37.8. The first-order valence-electron chi connectivity index (χ1n) is 21.0. The van der Waals surface area contributed by atoms with Crippen LogP contribution in [0.1, 0.15) is 74.3 Å². The molecule has 63 heavy (non-hydrogen) atoms. The van der Waals surface area contributed by atoms with E-state index in [1.807, 2.05) is 91.9 Å². The van der Waals surface area contributed by atoms with E-state index in [9.17, 15) is 14.9 Å². The zero-order valence-electron chi connectivity index (χ0n) is 36.5. The topological polar surface area (TPSA) is 156 Å². The number of amides is 1. The van der Waals surface area contributed by atoms with E-state index < -0.39 is 55.9 Å². The standard InChI is InChI=1S/C48H54N5O9P/c1-32(2)53(33(3)4)63(59-30-14-28-49)62-43-42-45(52-29-27-41(51-46(52)55)50-44(54)35-15-10-8-11-16-35)61-47(43,31-58-42)34(5)60-48(36-17-12-9-13-18-36,37-19-23-39(56-6)24-20-37)38-21-25-40(57-7)26-22-38/h8-13,15-27,29,32-34,42-43,45H,14,30-31H2,1-7H3,(H,50,51,54,55)/t34?,42-,43+,45+,47-,63?/m0/s1. The van der Waals surface area contributed by atoms with Crippen LogP contribution in [0, 0.1) is 11.3 Å². The van der Waals surface area contributed by atoms with Crippen LogP contribution in [0.25, 0.3) is 0 Å². The summed E-state index contributed by atoms with van der Waals surface area (Å²) in [4.78, 5) is 31.2. The molecule has 1 aromatic heterocycles. The minimum Gasteiger partial charge on any atom is -0.497 e. The van der Waals surface area contributed by atoms with Gasteiger partial charge in [0.2, 0.25) is 0 Å². The first-order valence-corrected chi connectivity index (χ1v) is 22.1. The van der Waals surface area contributed by atoms with Crippen LogP contribution in [0.15, 0.2) is 126 Å². The van der Waals surface area contributed by atoms with Gasteiger partial charge in [-0.15, -0.1) is 0 Å². The fraction of sp³-hybridized carbons (Fsp3) is 0.375. The molecule has 6 atom stereocenters. The summed E-state index contributed by atoms with van der Waals surface area (Å²) in [6.45, 7) is 10.4. The average Bonchev–Trinajstić information content (AvgIpc) is 3.81. The van der Waals surface area contributed by atoms with Crippen molar-refractivity contribution in [1.29, 1.82) is 5.26 Å². The lowest BCUT2D eigenvalue weighted by atomic mass is 9.79. The number of nitrogens with zero attached hydrogens (tertiary/aromatic N) is 4. The number of aromatic nitrogens is 2. The Morgan fingerprint density at radius 2 is 1.46 bits per heavy atom. The van der Waals surface area contributed by atoms with Crippen LogP contribution in [0.2, 0.25) is 0 Å². The van der Waals surface area contributed by atoms with E-state index >= 15 is 0 Å². The second kappa shape index (κ2) is 19.9. The number of carbonyl (C=O) groups excluding carboxylic acids is 1. The molecule has 0 spiro atoms. The third kappa shape index (κ3) is 9.28. The Morgan fingerprint density at radius 1 is 0.889 bits per heavy atom. The maximum Gasteiger partial charge on any atom is 0.351 e. The molecule has 2 saturated heterocycles. The number of rotatable bonds is 19. The Hall–Kier alpha value is -5.49. The van der Waals surface area contributed by atoms with Crippen LogP contribution in [-0.2, 0) is 28.9 Å². The Morgan fingerprint density at radius 3 is 2.00 bits per heavy atom. The van der Waals surface area contributed by atoms with Gasteiger partial charge in [-0.05, 0) is 93.8 Å². The molecule has 0 saturated carbocycles. The van der Waals surface area contributed by atoms with E-state index in [-0.39, 0.29) is 37.5 Å². The fourth-order valence-electron chi connectivity index (χ4n) is 8.35. The lowest BCUT2D eigenvalue weighted by Crippen LogP contribution is -2.55. The Balaban J connectivity index is 1.34. The Bertz CT molecular complexity index is 2340. The van der Waals surface area contributed by atoms with Gasteiger partial charge in [0.1, 0.15) is 40.7 Å². The van der Waals surface area contributed by atoms with Gasteiger partial charge >= 0.3 is 5.69 Å². The number of nitriles is 1. The monoisotopic (exact) mass is 875 g/mol. The highest BCUT2D eigenvalue weighted by Crippen LogP contribution is 2.57. The van der Waals surface area contributed by atoms with Crippen molar-refractivity contribution in [1.82, 2.24) is 14.2 Å². The molecule has 2 unspecified atom stereocenters. The minimum atomic E-state index is -1.82.